The average Bonchev–Trinajstić information content (AvgIpc) is 2.43. The molecule has 1 aromatic carbocycles. The largest absolute Gasteiger partial charge is 0.550 e. The first-order chi connectivity index (χ1) is 9.50. The van der Waals surface area contributed by atoms with E-state index in [1.807, 2.05) is 6.92 Å². The molecule has 0 heterocycles. The highest BCUT2D eigenvalue weighted by Gasteiger charge is 2.31. The fourth-order valence-corrected chi connectivity index (χ4v) is 2.87. The number of hydrogen-bond acceptors (Lipinski definition) is 3. The molecular weight excluding hydrogens is 278 g/mol. The van der Waals surface area contributed by atoms with Gasteiger partial charge in [0, 0.05) is 28.5 Å². The van der Waals surface area contributed by atoms with Gasteiger partial charge in [-0.1, -0.05) is 30.5 Å². The Bertz CT molecular complexity index is 530. The van der Waals surface area contributed by atoms with Gasteiger partial charge in [-0.25, -0.2) is 0 Å². The van der Waals surface area contributed by atoms with Crippen LogP contribution >= 0.6 is 11.6 Å². The summed E-state index contributed by atoms with van der Waals surface area (Å²) in [7, 11) is 0. The van der Waals surface area contributed by atoms with Gasteiger partial charge in [-0.15, -0.1) is 0 Å². The van der Waals surface area contributed by atoms with Crippen LogP contribution in [0, 0.1) is 18.8 Å². The summed E-state index contributed by atoms with van der Waals surface area (Å²) in [5.74, 6) is -2.60. The first-order valence-electron chi connectivity index (χ1n) is 6.77. The molecule has 1 amide bonds. The molecule has 2 atom stereocenters. The van der Waals surface area contributed by atoms with Crippen molar-refractivity contribution in [1.82, 2.24) is 0 Å². The second-order valence-electron chi connectivity index (χ2n) is 5.22. The lowest BCUT2D eigenvalue weighted by molar-refractivity contribution is -0.313. The molecule has 0 aromatic heterocycles. The minimum absolute atomic E-state index is 0.260. The van der Waals surface area contributed by atoms with Crippen LogP contribution in [0.1, 0.15) is 31.2 Å². The molecular formula is C15H17ClNO3-. The lowest BCUT2D eigenvalue weighted by atomic mass is 9.78. The zero-order valence-electron chi connectivity index (χ0n) is 11.3. The molecule has 1 aromatic rings. The van der Waals surface area contributed by atoms with Crippen LogP contribution in [0.15, 0.2) is 18.2 Å². The summed E-state index contributed by atoms with van der Waals surface area (Å²) < 4.78 is 0. The highest BCUT2D eigenvalue weighted by Crippen LogP contribution is 2.31. The predicted molar refractivity (Wildman–Crippen MR) is 75.3 cm³/mol. The van der Waals surface area contributed by atoms with Gasteiger partial charge in [0.15, 0.2) is 0 Å². The quantitative estimate of drug-likeness (QED) is 0.928. The maximum Gasteiger partial charge on any atom is 0.228 e. The van der Waals surface area contributed by atoms with Crippen LogP contribution in [-0.2, 0) is 9.59 Å². The van der Waals surface area contributed by atoms with E-state index in [1.165, 1.54) is 0 Å². The van der Waals surface area contributed by atoms with Crippen LogP contribution < -0.4 is 10.4 Å². The molecule has 0 radical (unpaired) electrons. The first kappa shape index (κ1) is 14.9. The number of nitrogens with one attached hydrogen (secondary N) is 1. The summed E-state index contributed by atoms with van der Waals surface area (Å²) in [5.41, 5.74) is 1.41. The zero-order chi connectivity index (χ0) is 14.7. The number of benzene rings is 1. The Kier molecular flexibility index (Phi) is 4.65. The Morgan fingerprint density at radius 1 is 1.25 bits per heavy atom. The molecule has 2 rings (SSSR count). The number of amides is 1. The smallest absolute Gasteiger partial charge is 0.228 e. The number of carboxylic acid groups (broad SMARTS) is 1. The maximum atomic E-state index is 12.3. The van der Waals surface area contributed by atoms with E-state index in [9.17, 15) is 14.7 Å². The van der Waals surface area contributed by atoms with Gasteiger partial charge in [0.1, 0.15) is 0 Å². The van der Waals surface area contributed by atoms with Gasteiger partial charge in [-0.3, -0.25) is 4.79 Å². The highest BCUT2D eigenvalue weighted by atomic mass is 35.5. The summed E-state index contributed by atoms with van der Waals surface area (Å²) in [4.78, 5) is 23.4. The summed E-state index contributed by atoms with van der Waals surface area (Å²) in [6, 6.07) is 5.26. The van der Waals surface area contributed by atoms with E-state index in [0.29, 0.717) is 23.6 Å². The summed E-state index contributed by atoms with van der Waals surface area (Å²) in [6.45, 7) is 1.81. The second-order valence-corrected chi connectivity index (χ2v) is 5.63. The van der Waals surface area contributed by atoms with Crippen molar-refractivity contribution in [3.05, 3.63) is 28.8 Å². The third-order valence-corrected chi connectivity index (χ3v) is 4.34. The number of carbonyl (C=O) groups excluding carboxylic acids is 2. The lowest BCUT2D eigenvalue weighted by Gasteiger charge is -2.31. The Balaban J connectivity index is 2.14. The second kappa shape index (κ2) is 6.27. The molecule has 1 aliphatic carbocycles. The molecule has 5 heteroatoms. The average molecular weight is 295 g/mol. The van der Waals surface area contributed by atoms with Gasteiger partial charge in [-0.05, 0) is 37.5 Å². The number of halogens is 1. The summed E-state index contributed by atoms with van der Waals surface area (Å²) >= 11 is 6.01. The third kappa shape index (κ3) is 3.12. The molecule has 20 heavy (non-hydrogen) atoms. The van der Waals surface area contributed by atoms with Crippen LogP contribution in [0.5, 0.6) is 0 Å². The topological polar surface area (TPSA) is 69.2 Å². The molecule has 0 aliphatic heterocycles. The van der Waals surface area contributed by atoms with Crippen molar-refractivity contribution in [2.24, 2.45) is 11.8 Å². The van der Waals surface area contributed by atoms with Crippen molar-refractivity contribution in [1.29, 1.82) is 0 Å². The van der Waals surface area contributed by atoms with E-state index >= 15 is 0 Å². The van der Waals surface area contributed by atoms with Crippen molar-refractivity contribution in [3.8, 4) is 0 Å². The molecule has 0 unspecified atom stereocenters. The van der Waals surface area contributed by atoms with E-state index < -0.39 is 17.8 Å². The van der Waals surface area contributed by atoms with Gasteiger partial charge in [0.25, 0.3) is 0 Å². The van der Waals surface area contributed by atoms with Gasteiger partial charge < -0.3 is 15.2 Å². The molecule has 1 N–H and O–H groups in total. The molecule has 1 aliphatic rings. The lowest BCUT2D eigenvalue weighted by Crippen LogP contribution is -2.42. The molecule has 0 saturated heterocycles. The van der Waals surface area contributed by atoms with Crippen LogP contribution in [0.4, 0.5) is 5.69 Å². The van der Waals surface area contributed by atoms with Gasteiger partial charge >= 0.3 is 0 Å². The number of carboxylic acids is 1. The van der Waals surface area contributed by atoms with E-state index in [4.69, 9.17) is 11.6 Å². The number of aliphatic carboxylic acids is 1. The zero-order valence-corrected chi connectivity index (χ0v) is 12.1. The van der Waals surface area contributed by atoms with E-state index in [2.05, 4.69) is 5.32 Å². The Hall–Kier alpha value is -1.55. The number of anilines is 1. The standard InChI is InChI=1S/C15H18ClNO3/c1-9-12(16)7-4-8-13(9)17-14(18)10-5-2-3-6-11(10)15(19)20/h4,7-8,10-11H,2-3,5-6H2,1H3,(H,17,18)(H,19,20)/p-1/t10-,11+/m0/s1. The summed E-state index contributed by atoms with van der Waals surface area (Å²) in [6.07, 6.45) is 2.80. The first-order valence-corrected chi connectivity index (χ1v) is 7.15. The number of rotatable bonds is 3. The van der Waals surface area contributed by atoms with Crippen molar-refractivity contribution < 1.29 is 14.7 Å². The van der Waals surface area contributed by atoms with E-state index in [0.717, 1.165) is 18.4 Å². The summed E-state index contributed by atoms with van der Waals surface area (Å²) in [5, 5.41) is 14.5. The van der Waals surface area contributed by atoms with Crippen molar-refractivity contribution in [3.63, 3.8) is 0 Å². The maximum absolute atomic E-state index is 12.3. The molecule has 108 valence electrons. The minimum Gasteiger partial charge on any atom is -0.550 e. The van der Waals surface area contributed by atoms with Crippen LogP contribution in [0.3, 0.4) is 0 Å². The Labute approximate surface area is 123 Å². The molecule has 1 fully saturated rings. The van der Waals surface area contributed by atoms with Crippen LogP contribution in [0.2, 0.25) is 5.02 Å². The van der Waals surface area contributed by atoms with E-state index in [-0.39, 0.29) is 5.91 Å². The third-order valence-electron chi connectivity index (χ3n) is 3.93. The van der Waals surface area contributed by atoms with Crippen molar-refractivity contribution in [2.45, 2.75) is 32.6 Å². The fourth-order valence-electron chi connectivity index (χ4n) is 2.70. The molecule has 0 spiro atoms. The molecule has 4 nitrogen and oxygen atoms in total. The monoisotopic (exact) mass is 294 g/mol. The van der Waals surface area contributed by atoms with Crippen LogP contribution in [-0.4, -0.2) is 11.9 Å². The van der Waals surface area contributed by atoms with Gasteiger partial charge in [0.2, 0.25) is 5.91 Å². The highest BCUT2D eigenvalue weighted by molar-refractivity contribution is 6.31. The van der Waals surface area contributed by atoms with Crippen LogP contribution in [0.25, 0.3) is 0 Å². The van der Waals surface area contributed by atoms with Gasteiger partial charge in [0.05, 0.1) is 0 Å². The number of hydrogen-bond donors (Lipinski definition) is 1. The Morgan fingerprint density at radius 3 is 2.55 bits per heavy atom. The molecule has 0 bridgehead atoms. The predicted octanol–water partition coefficient (Wildman–Crippen LogP) is 2.14. The Morgan fingerprint density at radius 2 is 1.90 bits per heavy atom. The SMILES string of the molecule is Cc1c(Cl)cccc1NC(=O)[C@H]1CCCC[C@H]1C(=O)[O-]. The normalized spacial score (nSPS) is 22.3. The van der Waals surface area contributed by atoms with E-state index in [1.54, 1.807) is 18.2 Å². The minimum atomic E-state index is -1.13. The fraction of sp³-hybridized carbons (Fsp3) is 0.467. The van der Waals surface area contributed by atoms with Gasteiger partial charge in [-0.2, -0.15) is 0 Å². The molecule has 1 saturated carbocycles. The van der Waals surface area contributed by atoms with Crippen molar-refractivity contribution in [2.75, 3.05) is 5.32 Å². The number of carbonyl (C=O) groups is 2. The van der Waals surface area contributed by atoms with Crippen molar-refractivity contribution >= 4 is 29.2 Å².